The zero-order chi connectivity index (χ0) is 18.3. The topological polar surface area (TPSA) is 77.8 Å². The molecular formula is C21H22O4. The Morgan fingerprint density at radius 3 is 1.32 bits per heavy atom. The van der Waals surface area contributed by atoms with Gasteiger partial charge in [0.2, 0.25) is 0 Å². The van der Waals surface area contributed by atoms with E-state index in [9.17, 15) is 4.79 Å². The molecule has 0 amide bonds. The molecule has 0 saturated carbocycles. The minimum Gasteiger partial charge on any atom is -0.508 e. The molecule has 0 bridgehead atoms. The molecule has 4 heteroatoms. The first-order valence-corrected chi connectivity index (χ1v) is 7.74. The lowest BCUT2D eigenvalue weighted by Gasteiger charge is -2.01. The van der Waals surface area contributed by atoms with E-state index in [0.29, 0.717) is 5.75 Å². The second-order valence-corrected chi connectivity index (χ2v) is 4.95. The van der Waals surface area contributed by atoms with Crippen molar-refractivity contribution in [3.63, 3.8) is 0 Å². The fraction of sp³-hybridized carbons (Fsp3) is 0.0952. The quantitative estimate of drug-likeness (QED) is 0.638. The molecule has 0 aliphatic rings. The lowest BCUT2D eigenvalue weighted by molar-refractivity contribution is 0.112. The first kappa shape index (κ1) is 20.1. The molecule has 0 radical (unpaired) electrons. The molecule has 130 valence electrons. The predicted octanol–water partition coefficient (Wildman–Crippen LogP) is 3.56. The third kappa shape index (κ3) is 8.46. The van der Waals surface area contributed by atoms with Crippen molar-refractivity contribution < 1.29 is 20.1 Å². The van der Waals surface area contributed by atoms with Crippen LogP contribution in [0.25, 0.3) is 0 Å². The summed E-state index contributed by atoms with van der Waals surface area (Å²) in [5.41, 5.74) is 2.32. The Kier molecular flexibility index (Phi) is 10.0. The van der Waals surface area contributed by atoms with Gasteiger partial charge in [0.05, 0.1) is 13.2 Å². The summed E-state index contributed by atoms with van der Waals surface area (Å²) in [5.74, 6) is 0.322. The van der Waals surface area contributed by atoms with E-state index in [0.717, 1.165) is 23.0 Å². The van der Waals surface area contributed by atoms with E-state index in [4.69, 9.17) is 15.3 Å². The van der Waals surface area contributed by atoms with Crippen molar-refractivity contribution in [2.75, 3.05) is 0 Å². The van der Waals surface area contributed by atoms with Gasteiger partial charge in [-0.3, -0.25) is 4.79 Å². The van der Waals surface area contributed by atoms with Crippen LogP contribution in [-0.2, 0) is 13.2 Å². The van der Waals surface area contributed by atoms with Gasteiger partial charge < -0.3 is 15.3 Å². The molecule has 0 saturated heterocycles. The smallest absolute Gasteiger partial charge is 0.150 e. The summed E-state index contributed by atoms with van der Waals surface area (Å²) in [6.07, 6.45) is 0.833. The number of aliphatic hydroxyl groups excluding tert-OH is 2. The van der Waals surface area contributed by atoms with Crippen LogP contribution in [0.4, 0.5) is 0 Å². The van der Waals surface area contributed by atoms with Gasteiger partial charge in [-0.25, -0.2) is 0 Å². The summed E-state index contributed by atoms with van der Waals surface area (Å²) in [5, 5.41) is 26.1. The number of benzene rings is 3. The Hall–Kier alpha value is -2.95. The Bertz CT molecular complexity index is 689. The fourth-order valence-corrected chi connectivity index (χ4v) is 1.83. The molecule has 25 heavy (non-hydrogen) atoms. The molecule has 0 aromatic heterocycles. The van der Waals surface area contributed by atoms with Crippen LogP contribution in [0.15, 0.2) is 84.9 Å². The summed E-state index contributed by atoms with van der Waals surface area (Å²) in [6.45, 7) is -0.00648. The van der Waals surface area contributed by atoms with Gasteiger partial charge in [0.1, 0.15) is 12.0 Å². The fourth-order valence-electron chi connectivity index (χ4n) is 1.83. The van der Waals surface area contributed by atoms with E-state index in [-0.39, 0.29) is 13.2 Å². The van der Waals surface area contributed by atoms with Crippen molar-refractivity contribution in [2.24, 2.45) is 0 Å². The highest BCUT2D eigenvalue weighted by Crippen LogP contribution is 2.07. The van der Waals surface area contributed by atoms with Crippen molar-refractivity contribution in [3.8, 4) is 5.75 Å². The molecule has 3 aromatic carbocycles. The minimum atomic E-state index is -0.00324. The summed E-state index contributed by atoms with van der Waals surface area (Å²) in [4.78, 5) is 10.0. The van der Waals surface area contributed by atoms with Crippen LogP contribution < -0.4 is 0 Å². The van der Waals surface area contributed by atoms with E-state index < -0.39 is 0 Å². The summed E-state index contributed by atoms with van der Waals surface area (Å²) in [7, 11) is 0. The van der Waals surface area contributed by atoms with Crippen molar-refractivity contribution in [3.05, 3.63) is 102 Å². The monoisotopic (exact) mass is 338 g/mol. The van der Waals surface area contributed by atoms with Gasteiger partial charge in [0, 0.05) is 5.56 Å². The number of para-hydroxylation sites is 1. The largest absolute Gasteiger partial charge is 0.508 e. The molecule has 0 heterocycles. The Morgan fingerprint density at radius 2 is 1.04 bits per heavy atom. The van der Waals surface area contributed by atoms with Crippen molar-refractivity contribution in [1.82, 2.24) is 0 Å². The maximum atomic E-state index is 10.0. The van der Waals surface area contributed by atoms with Crippen LogP contribution in [0.1, 0.15) is 21.5 Å². The second-order valence-electron chi connectivity index (χ2n) is 4.95. The molecular weight excluding hydrogens is 316 g/mol. The highest BCUT2D eigenvalue weighted by atomic mass is 16.3. The zero-order valence-corrected chi connectivity index (χ0v) is 13.8. The number of hydrogen-bond donors (Lipinski definition) is 3. The van der Waals surface area contributed by atoms with Crippen LogP contribution >= 0.6 is 0 Å². The van der Waals surface area contributed by atoms with E-state index in [2.05, 4.69) is 0 Å². The van der Waals surface area contributed by atoms with Crippen molar-refractivity contribution >= 4 is 6.29 Å². The Morgan fingerprint density at radius 1 is 0.640 bits per heavy atom. The van der Waals surface area contributed by atoms with Gasteiger partial charge in [-0.15, -0.1) is 0 Å². The standard InChI is InChI=1S/C8H10O2.C7H6O.C6H6O/c9-5-7-3-1-2-4-8(7)6-10;8-6-7-4-2-1-3-5-7;7-6-4-2-1-3-5-6/h1-4,9-10H,5-6H2;1-6H;1-5,7H. The Labute approximate surface area is 147 Å². The third-order valence-corrected chi connectivity index (χ3v) is 3.15. The normalized spacial score (nSPS) is 9.04. The third-order valence-electron chi connectivity index (χ3n) is 3.15. The number of phenols is 1. The number of carbonyl (C=O) groups excluding carboxylic acids is 1. The molecule has 4 nitrogen and oxygen atoms in total. The van der Waals surface area contributed by atoms with Gasteiger partial charge in [-0.2, -0.15) is 0 Å². The van der Waals surface area contributed by atoms with Crippen LogP contribution in [-0.4, -0.2) is 21.6 Å². The number of carbonyl (C=O) groups is 1. The highest BCUT2D eigenvalue weighted by Gasteiger charge is 1.95. The molecule has 3 rings (SSSR count). The second kappa shape index (κ2) is 12.5. The SMILES string of the molecule is O=Cc1ccccc1.OCc1ccccc1CO.Oc1ccccc1. The number of rotatable bonds is 3. The first-order chi connectivity index (χ1) is 12.2. The number of aldehydes is 1. The summed E-state index contributed by atoms with van der Waals surface area (Å²) < 4.78 is 0. The first-order valence-electron chi connectivity index (χ1n) is 7.74. The van der Waals surface area contributed by atoms with Crippen molar-refractivity contribution in [1.29, 1.82) is 0 Å². The Balaban J connectivity index is 0.000000191. The molecule has 0 fully saturated rings. The van der Waals surface area contributed by atoms with E-state index >= 15 is 0 Å². The molecule has 0 aliphatic carbocycles. The maximum absolute atomic E-state index is 10.0. The van der Waals surface area contributed by atoms with Gasteiger partial charge in [-0.05, 0) is 23.3 Å². The zero-order valence-electron chi connectivity index (χ0n) is 13.8. The van der Waals surface area contributed by atoms with Crippen LogP contribution in [0.5, 0.6) is 5.75 Å². The highest BCUT2D eigenvalue weighted by molar-refractivity contribution is 5.74. The van der Waals surface area contributed by atoms with Crippen molar-refractivity contribution in [2.45, 2.75) is 13.2 Å². The lowest BCUT2D eigenvalue weighted by atomic mass is 10.1. The molecule has 0 atom stereocenters. The van der Waals surface area contributed by atoms with E-state index in [1.165, 1.54) is 0 Å². The number of phenolic OH excluding ortho intramolecular Hbond substituents is 1. The maximum Gasteiger partial charge on any atom is 0.150 e. The van der Waals surface area contributed by atoms with Gasteiger partial charge in [0.25, 0.3) is 0 Å². The van der Waals surface area contributed by atoms with Crippen LogP contribution in [0.3, 0.4) is 0 Å². The van der Waals surface area contributed by atoms with Gasteiger partial charge >= 0.3 is 0 Å². The van der Waals surface area contributed by atoms with Crippen LogP contribution in [0, 0.1) is 0 Å². The minimum absolute atomic E-state index is 0.00324. The average molecular weight is 338 g/mol. The van der Waals surface area contributed by atoms with E-state index in [1.807, 2.05) is 36.4 Å². The molecule has 0 unspecified atom stereocenters. The van der Waals surface area contributed by atoms with E-state index in [1.54, 1.807) is 48.5 Å². The average Bonchev–Trinajstić information content (AvgIpc) is 2.70. The predicted molar refractivity (Wildman–Crippen MR) is 98.2 cm³/mol. The molecule has 3 N–H and O–H groups in total. The summed E-state index contributed by atoms with van der Waals surface area (Å²) >= 11 is 0. The van der Waals surface area contributed by atoms with Gasteiger partial charge in [0.15, 0.2) is 0 Å². The number of aromatic hydroxyl groups is 1. The van der Waals surface area contributed by atoms with Gasteiger partial charge in [-0.1, -0.05) is 72.8 Å². The number of aliphatic hydroxyl groups is 2. The molecule has 3 aromatic rings. The number of hydrogen-bond acceptors (Lipinski definition) is 4. The van der Waals surface area contributed by atoms with Crippen LogP contribution in [0.2, 0.25) is 0 Å². The summed E-state index contributed by atoms with van der Waals surface area (Å²) in [6, 6.07) is 25.1. The molecule has 0 spiro atoms. The molecule has 0 aliphatic heterocycles. The lowest BCUT2D eigenvalue weighted by Crippen LogP contribution is -1.91.